The van der Waals surface area contributed by atoms with Crippen molar-refractivity contribution in [3.63, 3.8) is 0 Å². The predicted octanol–water partition coefficient (Wildman–Crippen LogP) is 4.49. The Morgan fingerprint density at radius 3 is 1.67 bits per heavy atom. The maximum Gasteiger partial charge on any atom is 0.217 e. The van der Waals surface area contributed by atoms with Gasteiger partial charge in [-0.3, -0.25) is 4.79 Å². The highest BCUT2D eigenvalue weighted by Gasteiger charge is 2.00. The third-order valence-electron chi connectivity index (χ3n) is 4.11. The van der Waals surface area contributed by atoms with Crippen LogP contribution in [0, 0.1) is 0 Å². The standard InChI is InChI=1S/C18H38N2O/c1-3-4-5-6-7-8-9-10-11-12-13-16-20(2)17-14-15-18(19)21/h3-17H2,1-2H3,(H2,19,21). The third kappa shape index (κ3) is 17.4. The van der Waals surface area contributed by atoms with Crippen molar-refractivity contribution in [2.24, 2.45) is 5.73 Å². The number of hydrogen-bond acceptors (Lipinski definition) is 2. The molecule has 3 nitrogen and oxygen atoms in total. The number of nitrogens with two attached hydrogens (primary N) is 1. The van der Waals surface area contributed by atoms with Crippen LogP contribution in [0.5, 0.6) is 0 Å². The van der Waals surface area contributed by atoms with Gasteiger partial charge in [0, 0.05) is 6.42 Å². The first-order valence-corrected chi connectivity index (χ1v) is 9.13. The fourth-order valence-corrected chi connectivity index (χ4v) is 2.68. The molecule has 21 heavy (non-hydrogen) atoms. The van der Waals surface area contributed by atoms with Crippen LogP contribution >= 0.6 is 0 Å². The zero-order valence-corrected chi connectivity index (χ0v) is 14.5. The van der Waals surface area contributed by atoms with E-state index in [0.29, 0.717) is 6.42 Å². The molecule has 0 heterocycles. The average Bonchev–Trinajstić information content (AvgIpc) is 2.44. The Bertz CT molecular complexity index is 231. The largest absolute Gasteiger partial charge is 0.370 e. The molecule has 0 rings (SSSR count). The molecule has 0 aliphatic heterocycles. The van der Waals surface area contributed by atoms with Crippen molar-refractivity contribution in [2.45, 2.75) is 90.4 Å². The molecule has 0 fully saturated rings. The van der Waals surface area contributed by atoms with E-state index in [9.17, 15) is 4.79 Å². The van der Waals surface area contributed by atoms with Gasteiger partial charge in [-0.05, 0) is 33.0 Å². The van der Waals surface area contributed by atoms with Gasteiger partial charge in [-0.2, -0.15) is 0 Å². The summed E-state index contributed by atoms with van der Waals surface area (Å²) in [6, 6.07) is 0. The number of hydrogen-bond donors (Lipinski definition) is 1. The van der Waals surface area contributed by atoms with Crippen LogP contribution in [0.25, 0.3) is 0 Å². The summed E-state index contributed by atoms with van der Waals surface area (Å²) in [5, 5.41) is 0. The lowest BCUT2D eigenvalue weighted by molar-refractivity contribution is -0.118. The maximum absolute atomic E-state index is 10.6. The van der Waals surface area contributed by atoms with Gasteiger partial charge >= 0.3 is 0 Å². The van der Waals surface area contributed by atoms with E-state index in [1.165, 1.54) is 70.6 Å². The van der Waals surface area contributed by atoms with E-state index >= 15 is 0 Å². The zero-order chi connectivity index (χ0) is 15.8. The molecule has 0 atom stereocenters. The van der Waals surface area contributed by atoms with E-state index < -0.39 is 0 Å². The molecule has 0 bridgehead atoms. The first kappa shape index (κ1) is 20.4. The molecular weight excluding hydrogens is 260 g/mol. The Hall–Kier alpha value is -0.570. The second-order valence-corrected chi connectivity index (χ2v) is 6.41. The molecule has 0 unspecified atom stereocenters. The first-order valence-electron chi connectivity index (χ1n) is 9.13. The Morgan fingerprint density at radius 2 is 1.19 bits per heavy atom. The molecule has 0 aliphatic carbocycles. The number of primary amides is 1. The predicted molar refractivity (Wildman–Crippen MR) is 92.4 cm³/mol. The van der Waals surface area contributed by atoms with Crippen molar-refractivity contribution in [1.29, 1.82) is 0 Å². The first-order chi connectivity index (χ1) is 10.2. The van der Waals surface area contributed by atoms with E-state index in [-0.39, 0.29) is 5.91 Å². The zero-order valence-electron chi connectivity index (χ0n) is 14.5. The second kappa shape index (κ2) is 15.8. The lowest BCUT2D eigenvalue weighted by Crippen LogP contribution is -2.22. The van der Waals surface area contributed by atoms with Crippen LogP contribution in [-0.4, -0.2) is 30.9 Å². The fourth-order valence-electron chi connectivity index (χ4n) is 2.68. The van der Waals surface area contributed by atoms with Gasteiger partial charge in [-0.25, -0.2) is 0 Å². The summed E-state index contributed by atoms with van der Waals surface area (Å²) in [6.07, 6.45) is 16.7. The smallest absolute Gasteiger partial charge is 0.217 e. The van der Waals surface area contributed by atoms with E-state index in [1.807, 2.05) is 0 Å². The minimum atomic E-state index is -0.182. The van der Waals surface area contributed by atoms with Crippen molar-refractivity contribution in [3.8, 4) is 0 Å². The number of unbranched alkanes of at least 4 members (excludes halogenated alkanes) is 10. The minimum absolute atomic E-state index is 0.182. The van der Waals surface area contributed by atoms with Crippen LogP contribution in [0.3, 0.4) is 0 Å². The Labute approximate surface area is 132 Å². The highest BCUT2D eigenvalue weighted by atomic mass is 16.1. The van der Waals surface area contributed by atoms with Gasteiger partial charge in [0.2, 0.25) is 5.91 Å². The van der Waals surface area contributed by atoms with E-state index in [2.05, 4.69) is 18.9 Å². The quantitative estimate of drug-likeness (QED) is 0.427. The van der Waals surface area contributed by atoms with E-state index in [0.717, 1.165) is 19.5 Å². The minimum Gasteiger partial charge on any atom is -0.370 e. The highest BCUT2D eigenvalue weighted by Crippen LogP contribution is 2.11. The summed E-state index contributed by atoms with van der Waals surface area (Å²) < 4.78 is 0. The second-order valence-electron chi connectivity index (χ2n) is 6.41. The van der Waals surface area contributed by atoms with Gasteiger partial charge in [-0.1, -0.05) is 71.1 Å². The van der Waals surface area contributed by atoms with Crippen molar-refractivity contribution < 1.29 is 4.79 Å². The number of nitrogens with zero attached hydrogens (tertiary/aromatic N) is 1. The van der Waals surface area contributed by atoms with Crippen LogP contribution in [0.1, 0.15) is 90.4 Å². The summed E-state index contributed by atoms with van der Waals surface area (Å²) in [6.45, 7) is 4.41. The molecule has 0 saturated heterocycles. The number of amides is 1. The van der Waals surface area contributed by atoms with Gasteiger partial charge in [0.25, 0.3) is 0 Å². The summed E-state index contributed by atoms with van der Waals surface area (Å²) >= 11 is 0. The van der Waals surface area contributed by atoms with Crippen LogP contribution in [0.4, 0.5) is 0 Å². The number of rotatable bonds is 16. The Kier molecular flexibility index (Phi) is 15.4. The molecule has 0 saturated carbocycles. The SMILES string of the molecule is CCCCCCCCCCCCCN(C)CCCC(N)=O. The normalized spacial score (nSPS) is 11.2. The lowest BCUT2D eigenvalue weighted by Gasteiger charge is -2.15. The molecular formula is C18H38N2O. The summed E-state index contributed by atoms with van der Waals surface area (Å²) in [7, 11) is 2.14. The van der Waals surface area contributed by atoms with Crippen LogP contribution < -0.4 is 5.73 Å². The van der Waals surface area contributed by atoms with Crippen molar-refractivity contribution in [2.75, 3.05) is 20.1 Å². The summed E-state index contributed by atoms with van der Waals surface area (Å²) in [5.74, 6) is -0.182. The molecule has 0 spiro atoms. The Balaban J connectivity index is 3.12. The van der Waals surface area contributed by atoms with Gasteiger partial charge in [0.15, 0.2) is 0 Å². The van der Waals surface area contributed by atoms with Gasteiger partial charge in [0.1, 0.15) is 0 Å². The van der Waals surface area contributed by atoms with Crippen LogP contribution in [0.2, 0.25) is 0 Å². The maximum atomic E-state index is 10.6. The molecule has 0 aliphatic rings. The Morgan fingerprint density at radius 1 is 0.762 bits per heavy atom. The topological polar surface area (TPSA) is 46.3 Å². The van der Waals surface area contributed by atoms with Gasteiger partial charge in [-0.15, -0.1) is 0 Å². The van der Waals surface area contributed by atoms with Gasteiger partial charge < -0.3 is 10.6 Å². The average molecular weight is 299 g/mol. The van der Waals surface area contributed by atoms with Crippen molar-refractivity contribution >= 4 is 5.91 Å². The molecule has 2 N–H and O–H groups in total. The van der Waals surface area contributed by atoms with Crippen molar-refractivity contribution in [1.82, 2.24) is 4.90 Å². The molecule has 1 amide bonds. The molecule has 0 aromatic heterocycles. The van der Waals surface area contributed by atoms with E-state index in [1.54, 1.807) is 0 Å². The van der Waals surface area contributed by atoms with Gasteiger partial charge in [0.05, 0.1) is 0 Å². The lowest BCUT2D eigenvalue weighted by atomic mass is 10.1. The van der Waals surface area contributed by atoms with Crippen molar-refractivity contribution in [3.05, 3.63) is 0 Å². The third-order valence-corrected chi connectivity index (χ3v) is 4.11. The van der Waals surface area contributed by atoms with E-state index in [4.69, 9.17) is 5.73 Å². The van der Waals surface area contributed by atoms with Crippen LogP contribution in [0.15, 0.2) is 0 Å². The summed E-state index contributed by atoms with van der Waals surface area (Å²) in [4.78, 5) is 13.0. The molecule has 0 aromatic rings. The van der Waals surface area contributed by atoms with Crippen LogP contribution in [-0.2, 0) is 4.79 Å². The monoisotopic (exact) mass is 298 g/mol. The molecule has 0 aromatic carbocycles. The number of carbonyl (C=O) groups is 1. The molecule has 0 radical (unpaired) electrons. The fraction of sp³-hybridized carbons (Fsp3) is 0.944. The molecule has 126 valence electrons. The molecule has 3 heteroatoms. The summed E-state index contributed by atoms with van der Waals surface area (Å²) in [5.41, 5.74) is 5.13. The highest BCUT2D eigenvalue weighted by molar-refractivity contribution is 5.73. The number of carbonyl (C=O) groups excluding carboxylic acids is 1.